The standard InChI is InChI=1S/C12H11N2O3PSSe/c15-10(13-18-19-5-6-20-18)7-14-11(16)8-3-1-2-4-9(8)12(14)17/h1-4H,5-7H2,(H,13,15). The van der Waals surface area contributed by atoms with Crippen molar-refractivity contribution in [3.8, 4) is 0 Å². The molecule has 2 heterocycles. The van der Waals surface area contributed by atoms with Crippen LogP contribution in [-0.4, -0.2) is 49.4 Å². The van der Waals surface area contributed by atoms with E-state index in [-0.39, 0.29) is 24.3 Å². The first-order chi connectivity index (χ1) is 9.66. The van der Waals surface area contributed by atoms with Crippen molar-refractivity contribution in [1.82, 2.24) is 9.99 Å². The molecule has 2 aliphatic heterocycles. The van der Waals surface area contributed by atoms with Crippen LogP contribution in [0.3, 0.4) is 0 Å². The van der Waals surface area contributed by atoms with Gasteiger partial charge in [-0.2, -0.15) is 0 Å². The number of imide groups is 1. The molecule has 5 nitrogen and oxygen atoms in total. The Morgan fingerprint density at radius 3 is 2.50 bits per heavy atom. The first-order valence-electron chi connectivity index (χ1n) is 5.97. The Hall–Kier alpha value is -0.871. The van der Waals surface area contributed by atoms with E-state index >= 15 is 0 Å². The van der Waals surface area contributed by atoms with E-state index in [9.17, 15) is 14.4 Å². The number of hydrogen-bond donors (Lipinski definition) is 1. The van der Waals surface area contributed by atoms with Gasteiger partial charge in [-0.05, 0) is 0 Å². The van der Waals surface area contributed by atoms with Crippen molar-refractivity contribution < 1.29 is 14.4 Å². The summed E-state index contributed by atoms with van der Waals surface area (Å²) in [4.78, 5) is 37.2. The predicted molar refractivity (Wildman–Crippen MR) is 79.9 cm³/mol. The molecule has 1 unspecified atom stereocenters. The summed E-state index contributed by atoms with van der Waals surface area (Å²) in [5.74, 6) is -0.353. The van der Waals surface area contributed by atoms with Gasteiger partial charge in [-0.3, -0.25) is 0 Å². The zero-order valence-electron chi connectivity index (χ0n) is 10.4. The molecule has 1 atom stereocenters. The first kappa shape index (κ1) is 14.1. The van der Waals surface area contributed by atoms with Crippen LogP contribution in [0, 0.1) is 0 Å². The van der Waals surface area contributed by atoms with Gasteiger partial charge in [-0.25, -0.2) is 0 Å². The molecule has 0 bridgehead atoms. The molecule has 1 aromatic carbocycles. The molecule has 0 aromatic heterocycles. The van der Waals surface area contributed by atoms with E-state index in [2.05, 4.69) is 5.09 Å². The van der Waals surface area contributed by atoms with E-state index in [4.69, 9.17) is 0 Å². The third-order valence-corrected chi connectivity index (χ3v) is 13.7. The molecule has 0 radical (unpaired) electrons. The second-order valence-corrected chi connectivity index (χ2v) is 14.1. The number of nitrogens with zero attached hydrogens (tertiary/aromatic N) is 1. The van der Waals surface area contributed by atoms with Crippen LogP contribution in [0.4, 0.5) is 0 Å². The third-order valence-electron chi connectivity index (χ3n) is 2.90. The molecule has 0 aliphatic carbocycles. The van der Waals surface area contributed by atoms with Crippen LogP contribution in [0.2, 0.25) is 5.32 Å². The fourth-order valence-electron chi connectivity index (χ4n) is 2.01. The van der Waals surface area contributed by atoms with Crippen molar-refractivity contribution in [3.63, 3.8) is 0 Å². The number of nitrogens with one attached hydrogen (secondary N) is 1. The van der Waals surface area contributed by atoms with Gasteiger partial charge in [-0.1, -0.05) is 0 Å². The van der Waals surface area contributed by atoms with Gasteiger partial charge in [0, 0.05) is 0 Å². The number of benzene rings is 1. The third kappa shape index (κ3) is 2.63. The molecule has 1 aromatic rings. The van der Waals surface area contributed by atoms with Crippen LogP contribution in [0.25, 0.3) is 0 Å². The molecular formula is C12H11N2O3PSSe. The molecule has 3 amide bonds. The monoisotopic (exact) mass is 374 g/mol. The first-order valence-corrected chi connectivity index (χ1v) is 12.3. The molecule has 1 fully saturated rings. The van der Waals surface area contributed by atoms with Crippen molar-refractivity contribution in [1.29, 1.82) is 0 Å². The van der Waals surface area contributed by atoms with Crippen molar-refractivity contribution >= 4 is 49.6 Å². The Balaban J connectivity index is 1.68. The fourth-order valence-corrected chi connectivity index (χ4v) is 13.5. The average Bonchev–Trinajstić information content (AvgIpc) is 3.03. The van der Waals surface area contributed by atoms with Crippen LogP contribution in [0.5, 0.6) is 0 Å². The average molecular weight is 373 g/mol. The Morgan fingerprint density at radius 1 is 1.30 bits per heavy atom. The van der Waals surface area contributed by atoms with Crippen LogP contribution < -0.4 is 5.09 Å². The second-order valence-electron chi connectivity index (χ2n) is 4.20. The summed E-state index contributed by atoms with van der Waals surface area (Å²) < 4.78 is 0. The van der Waals surface area contributed by atoms with Crippen molar-refractivity contribution in [2.45, 2.75) is 5.32 Å². The number of amides is 3. The summed E-state index contributed by atoms with van der Waals surface area (Å²) >= 11 is 2.26. The van der Waals surface area contributed by atoms with Crippen LogP contribution >= 0.6 is 17.3 Å². The predicted octanol–water partition coefficient (Wildman–Crippen LogP) is 1.50. The fraction of sp³-hybridized carbons (Fsp3) is 0.250. The molecular weight excluding hydrogens is 362 g/mol. The second kappa shape index (κ2) is 5.86. The molecule has 0 spiro atoms. The van der Waals surface area contributed by atoms with Gasteiger partial charge in [0.2, 0.25) is 0 Å². The van der Waals surface area contributed by atoms with Gasteiger partial charge in [-0.15, -0.1) is 0 Å². The van der Waals surface area contributed by atoms with E-state index < -0.39 is 5.96 Å². The van der Waals surface area contributed by atoms with Crippen LogP contribution in [0.1, 0.15) is 20.7 Å². The Labute approximate surface area is 127 Å². The Morgan fingerprint density at radius 2 is 1.95 bits per heavy atom. The maximum absolute atomic E-state index is 12.1. The van der Waals surface area contributed by atoms with E-state index in [0.29, 0.717) is 25.6 Å². The zero-order chi connectivity index (χ0) is 14.1. The minimum absolute atomic E-state index is 0.179. The van der Waals surface area contributed by atoms with Crippen molar-refractivity contribution in [2.75, 3.05) is 12.3 Å². The van der Waals surface area contributed by atoms with Crippen molar-refractivity contribution in [3.05, 3.63) is 35.4 Å². The topological polar surface area (TPSA) is 66.5 Å². The summed E-state index contributed by atoms with van der Waals surface area (Å²) in [7, 11) is 0. The summed E-state index contributed by atoms with van der Waals surface area (Å²) in [6.07, 6.45) is 0. The molecule has 1 saturated heterocycles. The minimum atomic E-state index is -0.462. The van der Waals surface area contributed by atoms with Gasteiger partial charge in [0.1, 0.15) is 0 Å². The SMILES string of the molecule is O=C(CN1C(=O)c2ccccc2C1=O)NP1SCC[Se]1. The normalized spacial score (nSPS) is 21.2. The Bertz CT molecular complexity index is 557. The summed E-state index contributed by atoms with van der Waals surface area (Å²) in [5, 5.41) is 4.12. The molecule has 20 heavy (non-hydrogen) atoms. The molecule has 2 aliphatic rings. The maximum atomic E-state index is 12.1. The summed E-state index contributed by atoms with van der Waals surface area (Å²) in [6.45, 7) is -0.179. The van der Waals surface area contributed by atoms with Gasteiger partial charge in [0.25, 0.3) is 0 Å². The zero-order valence-corrected chi connectivity index (χ0v) is 13.8. The van der Waals surface area contributed by atoms with E-state index in [1.54, 1.807) is 35.6 Å². The molecule has 0 saturated carbocycles. The van der Waals surface area contributed by atoms with Crippen LogP contribution in [-0.2, 0) is 4.79 Å². The number of rotatable bonds is 3. The van der Waals surface area contributed by atoms with Crippen LogP contribution in [0.15, 0.2) is 24.3 Å². The number of carbonyl (C=O) groups is 3. The van der Waals surface area contributed by atoms with Gasteiger partial charge < -0.3 is 0 Å². The Kier molecular flexibility index (Phi) is 4.13. The molecule has 3 rings (SSSR count). The molecule has 8 heteroatoms. The van der Waals surface area contributed by atoms with E-state index in [0.717, 1.165) is 10.7 Å². The summed E-state index contributed by atoms with van der Waals surface area (Å²) in [6, 6.07) is 6.67. The van der Waals surface area contributed by atoms with E-state index in [1.165, 1.54) is 5.32 Å². The van der Waals surface area contributed by atoms with Crippen molar-refractivity contribution in [2.24, 2.45) is 0 Å². The number of fused-ring (bicyclic) bond motifs is 1. The number of hydrogen-bond acceptors (Lipinski definition) is 4. The van der Waals surface area contributed by atoms with Gasteiger partial charge >= 0.3 is 127 Å². The number of carbonyl (C=O) groups excluding carboxylic acids is 3. The molecule has 1 N–H and O–H groups in total. The quantitative estimate of drug-likeness (QED) is 0.496. The van der Waals surface area contributed by atoms with Gasteiger partial charge in [0.15, 0.2) is 0 Å². The summed E-state index contributed by atoms with van der Waals surface area (Å²) in [5.41, 5.74) is 0.769. The van der Waals surface area contributed by atoms with Gasteiger partial charge in [0.05, 0.1) is 0 Å². The van der Waals surface area contributed by atoms with E-state index in [1.807, 2.05) is 0 Å². The molecule has 104 valence electrons.